The van der Waals surface area contributed by atoms with Gasteiger partial charge in [-0.25, -0.2) is 0 Å². The maximum Gasteiger partial charge on any atom is 0.118 e. The van der Waals surface area contributed by atoms with E-state index in [0.29, 0.717) is 5.75 Å². The van der Waals surface area contributed by atoms with Gasteiger partial charge in [-0.3, -0.25) is 0 Å². The molecule has 2 rings (SSSR count). The fourth-order valence-corrected chi connectivity index (χ4v) is 1.99. The lowest BCUT2D eigenvalue weighted by atomic mass is 9.71. The van der Waals surface area contributed by atoms with Crippen LogP contribution >= 0.6 is 0 Å². The number of phenolic OH excluding ortho intramolecular Hbond substituents is 1. The molecule has 1 aliphatic rings. The number of hydrogen-bond acceptors (Lipinski definition) is 2. The van der Waals surface area contributed by atoms with Crippen LogP contribution in [0, 0.1) is 6.92 Å². The van der Waals surface area contributed by atoms with Crippen LogP contribution < -0.4 is 5.73 Å². The number of benzene rings is 1. The summed E-state index contributed by atoms with van der Waals surface area (Å²) in [5, 5.41) is 9.53. The first-order valence-corrected chi connectivity index (χ1v) is 4.71. The average molecular weight is 177 g/mol. The van der Waals surface area contributed by atoms with Crippen molar-refractivity contribution in [3.8, 4) is 5.75 Å². The van der Waals surface area contributed by atoms with E-state index >= 15 is 0 Å². The van der Waals surface area contributed by atoms with Crippen molar-refractivity contribution in [3.05, 3.63) is 29.3 Å². The summed E-state index contributed by atoms with van der Waals surface area (Å²) in [6, 6.07) is 5.60. The average Bonchev–Trinajstić information content (AvgIpc) is 2.06. The molecular formula is C11H15NO. The number of rotatable bonds is 1. The lowest BCUT2D eigenvalue weighted by Crippen LogP contribution is -2.43. The van der Waals surface area contributed by atoms with Gasteiger partial charge in [0.05, 0.1) is 0 Å². The van der Waals surface area contributed by atoms with Crippen LogP contribution in [-0.2, 0) is 5.54 Å². The largest absolute Gasteiger partial charge is 0.508 e. The molecule has 3 N–H and O–H groups in total. The van der Waals surface area contributed by atoms with Gasteiger partial charge in [0.25, 0.3) is 0 Å². The third kappa shape index (κ3) is 1.22. The fraction of sp³-hybridized carbons (Fsp3) is 0.455. The number of hydrogen-bond donors (Lipinski definition) is 2. The molecule has 70 valence electrons. The molecule has 1 saturated carbocycles. The molecule has 0 aromatic heterocycles. The summed E-state index contributed by atoms with van der Waals surface area (Å²) >= 11 is 0. The molecule has 0 spiro atoms. The molecule has 0 heterocycles. The Bertz CT molecular complexity index is 329. The van der Waals surface area contributed by atoms with E-state index in [1.807, 2.05) is 19.1 Å². The first kappa shape index (κ1) is 8.57. The second-order valence-corrected chi connectivity index (χ2v) is 3.96. The van der Waals surface area contributed by atoms with Gasteiger partial charge in [-0.05, 0) is 43.4 Å². The van der Waals surface area contributed by atoms with E-state index < -0.39 is 0 Å². The molecular weight excluding hydrogens is 162 g/mol. The number of aromatic hydroxyl groups is 1. The van der Waals surface area contributed by atoms with Crippen molar-refractivity contribution in [1.29, 1.82) is 0 Å². The van der Waals surface area contributed by atoms with Crippen LogP contribution in [0.15, 0.2) is 18.2 Å². The summed E-state index contributed by atoms with van der Waals surface area (Å²) in [6.07, 6.45) is 3.28. The summed E-state index contributed by atoms with van der Waals surface area (Å²) in [6.45, 7) is 1.93. The SMILES string of the molecule is Cc1c(O)cccc1C1(N)CCC1. The van der Waals surface area contributed by atoms with Crippen LogP contribution in [-0.4, -0.2) is 5.11 Å². The third-order valence-corrected chi connectivity index (χ3v) is 3.09. The van der Waals surface area contributed by atoms with E-state index in [1.54, 1.807) is 6.07 Å². The van der Waals surface area contributed by atoms with E-state index in [0.717, 1.165) is 24.0 Å². The highest BCUT2D eigenvalue weighted by Gasteiger charge is 2.35. The molecule has 0 aliphatic heterocycles. The second kappa shape index (κ2) is 2.74. The highest BCUT2D eigenvalue weighted by Crippen LogP contribution is 2.41. The zero-order chi connectivity index (χ0) is 9.47. The number of phenols is 1. The Morgan fingerprint density at radius 2 is 2.08 bits per heavy atom. The Hall–Kier alpha value is -1.02. The Kier molecular flexibility index (Phi) is 1.81. The Labute approximate surface area is 78.4 Å². The van der Waals surface area contributed by atoms with Crippen LogP contribution in [0.25, 0.3) is 0 Å². The van der Waals surface area contributed by atoms with Gasteiger partial charge in [0.15, 0.2) is 0 Å². The molecule has 0 saturated heterocycles. The highest BCUT2D eigenvalue weighted by molar-refractivity contribution is 5.42. The van der Waals surface area contributed by atoms with Crippen molar-refractivity contribution in [2.24, 2.45) is 5.73 Å². The van der Waals surface area contributed by atoms with E-state index in [4.69, 9.17) is 5.73 Å². The molecule has 13 heavy (non-hydrogen) atoms. The molecule has 0 bridgehead atoms. The minimum absolute atomic E-state index is 0.164. The topological polar surface area (TPSA) is 46.2 Å². The van der Waals surface area contributed by atoms with E-state index in [-0.39, 0.29) is 5.54 Å². The van der Waals surface area contributed by atoms with Crippen LogP contribution in [0.1, 0.15) is 30.4 Å². The van der Waals surface area contributed by atoms with Gasteiger partial charge in [-0.2, -0.15) is 0 Å². The second-order valence-electron chi connectivity index (χ2n) is 3.96. The van der Waals surface area contributed by atoms with Crippen LogP contribution in [0.5, 0.6) is 5.75 Å². The van der Waals surface area contributed by atoms with Gasteiger partial charge in [0, 0.05) is 5.54 Å². The van der Waals surface area contributed by atoms with E-state index in [1.165, 1.54) is 6.42 Å². The predicted molar refractivity (Wildman–Crippen MR) is 52.6 cm³/mol. The Morgan fingerprint density at radius 1 is 1.38 bits per heavy atom. The van der Waals surface area contributed by atoms with Crippen LogP contribution in [0.4, 0.5) is 0 Å². The molecule has 0 unspecified atom stereocenters. The standard InChI is InChI=1S/C11H15NO/c1-8-9(4-2-5-10(8)13)11(12)6-3-7-11/h2,4-5,13H,3,6-7,12H2,1H3. The zero-order valence-corrected chi connectivity index (χ0v) is 7.88. The van der Waals surface area contributed by atoms with Gasteiger partial charge < -0.3 is 10.8 Å². The van der Waals surface area contributed by atoms with Gasteiger partial charge in [-0.15, -0.1) is 0 Å². The van der Waals surface area contributed by atoms with Crippen molar-refractivity contribution in [2.45, 2.75) is 31.7 Å². The predicted octanol–water partition coefficient (Wildman–Crippen LogP) is 2.04. The maximum atomic E-state index is 9.53. The molecule has 2 nitrogen and oxygen atoms in total. The first-order valence-electron chi connectivity index (χ1n) is 4.71. The summed E-state index contributed by atoms with van der Waals surface area (Å²) < 4.78 is 0. The van der Waals surface area contributed by atoms with Gasteiger partial charge in [-0.1, -0.05) is 12.1 Å². The Balaban J connectivity index is 2.45. The summed E-state index contributed by atoms with van der Waals surface area (Å²) in [4.78, 5) is 0. The molecule has 0 radical (unpaired) electrons. The van der Waals surface area contributed by atoms with Crippen molar-refractivity contribution >= 4 is 0 Å². The maximum absolute atomic E-state index is 9.53. The summed E-state index contributed by atoms with van der Waals surface area (Å²) in [5.41, 5.74) is 8.06. The van der Waals surface area contributed by atoms with Crippen LogP contribution in [0.2, 0.25) is 0 Å². The van der Waals surface area contributed by atoms with Gasteiger partial charge in [0.1, 0.15) is 5.75 Å². The monoisotopic (exact) mass is 177 g/mol. The summed E-state index contributed by atoms with van der Waals surface area (Å²) in [7, 11) is 0. The molecule has 1 aromatic rings. The normalized spacial score (nSPS) is 19.5. The van der Waals surface area contributed by atoms with Crippen molar-refractivity contribution < 1.29 is 5.11 Å². The highest BCUT2D eigenvalue weighted by atomic mass is 16.3. The minimum atomic E-state index is -0.164. The lowest BCUT2D eigenvalue weighted by Gasteiger charge is -2.39. The summed E-state index contributed by atoms with van der Waals surface area (Å²) in [5.74, 6) is 0.356. The van der Waals surface area contributed by atoms with Crippen molar-refractivity contribution in [3.63, 3.8) is 0 Å². The molecule has 1 aromatic carbocycles. The fourth-order valence-electron chi connectivity index (χ4n) is 1.99. The smallest absolute Gasteiger partial charge is 0.118 e. The van der Waals surface area contributed by atoms with Gasteiger partial charge >= 0.3 is 0 Å². The minimum Gasteiger partial charge on any atom is -0.508 e. The molecule has 1 fully saturated rings. The number of nitrogens with two attached hydrogens (primary N) is 1. The third-order valence-electron chi connectivity index (χ3n) is 3.09. The zero-order valence-electron chi connectivity index (χ0n) is 7.88. The van der Waals surface area contributed by atoms with E-state index in [2.05, 4.69) is 0 Å². The van der Waals surface area contributed by atoms with Gasteiger partial charge in [0.2, 0.25) is 0 Å². The van der Waals surface area contributed by atoms with Crippen molar-refractivity contribution in [2.75, 3.05) is 0 Å². The van der Waals surface area contributed by atoms with Crippen molar-refractivity contribution in [1.82, 2.24) is 0 Å². The first-order chi connectivity index (χ1) is 6.13. The lowest BCUT2D eigenvalue weighted by molar-refractivity contribution is 0.251. The molecule has 0 atom stereocenters. The molecule has 0 amide bonds. The van der Waals surface area contributed by atoms with Crippen LogP contribution in [0.3, 0.4) is 0 Å². The molecule has 2 heteroatoms. The van der Waals surface area contributed by atoms with E-state index in [9.17, 15) is 5.11 Å². The quantitative estimate of drug-likeness (QED) is 0.689. The Morgan fingerprint density at radius 3 is 2.62 bits per heavy atom. The molecule has 1 aliphatic carbocycles.